The molecule has 0 atom stereocenters. The maximum absolute atomic E-state index is 12.1. The predicted molar refractivity (Wildman–Crippen MR) is 116 cm³/mol. The third-order valence-corrected chi connectivity index (χ3v) is 5.28. The molecular formula is C23H27F2N3O3. The Morgan fingerprint density at radius 3 is 2.35 bits per heavy atom. The Kier molecular flexibility index (Phi) is 7.09. The van der Waals surface area contributed by atoms with Crippen LogP contribution in [0, 0.1) is 5.41 Å². The number of carboxylic acids is 1. The minimum atomic E-state index is -2.87. The summed E-state index contributed by atoms with van der Waals surface area (Å²) >= 11 is 0. The average molecular weight is 431 g/mol. The van der Waals surface area contributed by atoms with E-state index in [0.717, 1.165) is 0 Å². The van der Waals surface area contributed by atoms with Gasteiger partial charge in [-0.25, -0.2) is 9.78 Å². The predicted octanol–water partition coefficient (Wildman–Crippen LogP) is 6.58. The molecule has 3 N–H and O–H groups in total. The molecule has 1 aliphatic rings. The SMILES string of the molecule is CC1(C)CCCCC1.O=C(O)c1ccc2nc(Nc3ccc(OC(F)F)cc3)[nH]c2c1. The summed E-state index contributed by atoms with van der Waals surface area (Å²) in [5, 5.41) is 11.9. The first-order chi connectivity index (χ1) is 14.7. The van der Waals surface area contributed by atoms with E-state index in [9.17, 15) is 13.6 Å². The summed E-state index contributed by atoms with van der Waals surface area (Å²) in [6.07, 6.45) is 7.31. The van der Waals surface area contributed by atoms with Crippen molar-refractivity contribution >= 4 is 28.6 Å². The van der Waals surface area contributed by atoms with E-state index in [1.807, 2.05) is 0 Å². The molecule has 1 saturated carbocycles. The van der Waals surface area contributed by atoms with Crippen molar-refractivity contribution in [3.8, 4) is 5.75 Å². The molecule has 1 heterocycles. The molecule has 4 rings (SSSR count). The molecule has 6 nitrogen and oxygen atoms in total. The van der Waals surface area contributed by atoms with Gasteiger partial charge in [0.25, 0.3) is 0 Å². The van der Waals surface area contributed by atoms with Gasteiger partial charge in [0.15, 0.2) is 0 Å². The lowest BCUT2D eigenvalue weighted by Gasteiger charge is -2.28. The number of benzene rings is 2. The normalized spacial score (nSPS) is 15.3. The lowest BCUT2D eigenvalue weighted by Crippen LogP contribution is -2.14. The molecule has 8 heteroatoms. The largest absolute Gasteiger partial charge is 0.478 e. The van der Waals surface area contributed by atoms with E-state index in [-0.39, 0.29) is 11.3 Å². The highest BCUT2D eigenvalue weighted by Crippen LogP contribution is 2.34. The van der Waals surface area contributed by atoms with E-state index in [1.165, 1.54) is 56.4 Å². The van der Waals surface area contributed by atoms with Crippen LogP contribution in [0.1, 0.15) is 56.3 Å². The number of nitrogens with zero attached hydrogens (tertiary/aromatic N) is 1. The lowest BCUT2D eigenvalue weighted by atomic mass is 9.78. The number of anilines is 2. The first-order valence-corrected chi connectivity index (χ1v) is 10.3. The van der Waals surface area contributed by atoms with E-state index in [4.69, 9.17) is 5.11 Å². The highest BCUT2D eigenvalue weighted by Gasteiger charge is 2.19. The Balaban J connectivity index is 0.000000287. The number of carbonyl (C=O) groups is 1. The zero-order chi connectivity index (χ0) is 22.4. The number of rotatable bonds is 5. The number of imidazole rings is 1. The monoisotopic (exact) mass is 431 g/mol. The van der Waals surface area contributed by atoms with Crippen molar-refractivity contribution in [1.29, 1.82) is 0 Å². The van der Waals surface area contributed by atoms with Crippen LogP contribution in [-0.2, 0) is 0 Å². The number of hydrogen-bond donors (Lipinski definition) is 3. The van der Waals surface area contributed by atoms with Crippen LogP contribution in [0.3, 0.4) is 0 Å². The van der Waals surface area contributed by atoms with Crippen LogP contribution in [-0.4, -0.2) is 27.7 Å². The van der Waals surface area contributed by atoms with Gasteiger partial charge in [-0.15, -0.1) is 0 Å². The third-order valence-electron chi connectivity index (χ3n) is 5.28. The molecule has 31 heavy (non-hydrogen) atoms. The van der Waals surface area contributed by atoms with Gasteiger partial charge in [-0.05, 0) is 60.7 Å². The zero-order valence-corrected chi connectivity index (χ0v) is 17.6. The molecule has 0 saturated heterocycles. The number of nitrogens with one attached hydrogen (secondary N) is 2. The second-order valence-corrected chi connectivity index (χ2v) is 8.38. The Morgan fingerprint density at radius 1 is 1.13 bits per heavy atom. The van der Waals surface area contributed by atoms with Crippen LogP contribution >= 0.6 is 0 Å². The number of halogens is 2. The summed E-state index contributed by atoms with van der Waals surface area (Å²) in [4.78, 5) is 18.2. The van der Waals surface area contributed by atoms with Crippen LogP contribution in [0.2, 0.25) is 0 Å². The Hall–Kier alpha value is -3.16. The van der Waals surface area contributed by atoms with E-state index in [0.29, 0.717) is 28.1 Å². The van der Waals surface area contributed by atoms with Crippen molar-refractivity contribution in [2.24, 2.45) is 5.41 Å². The fourth-order valence-corrected chi connectivity index (χ4v) is 3.57. The van der Waals surface area contributed by atoms with Crippen LogP contribution in [0.15, 0.2) is 42.5 Å². The van der Waals surface area contributed by atoms with E-state index >= 15 is 0 Å². The van der Waals surface area contributed by atoms with E-state index in [1.54, 1.807) is 18.2 Å². The smallest absolute Gasteiger partial charge is 0.387 e. The third kappa shape index (κ3) is 6.67. The zero-order valence-electron chi connectivity index (χ0n) is 17.6. The number of hydrogen-bond acceptors (Lipinski definition) is 4. The summed E-state index contributed by atoms with van der Waals surface area (Å²) in [6, 6.07) is 10.5. The number of aromatic carboxylic acids is 1. The summed E-state index contributed by atoms with van der Waals surface area (Å²) in [7, 11) is 0. The van der Waals surface area contributed by atoms with Crippen molar-refractivity contribution in [2.75, 3.05) is 5.32 Å². The number of alkyl halides is 2. The molecule has 0 radical (unpaired) electrons. The molecular weight excluding hydrogens is 404 g/mol. The lowest BCUT2D eigenvalue weighted by molar-refractivity contribution is -0.0498. The molecule has 166 valence electrons. The average Bonchev–Trinajstić information content (AvgIpc) is 3.11. The van der Waals surface area contributed by atoms with Crippen molar-refractivity contribution < 1.29 is 23.4 Å². The minimum Gasteiger partial charge on any atom is -0.478 e. The fraction of sp³-hybridized carbons (Fsp3) is 0.391. The second kappa shape index (κ2) is 9.76. The van der Waals surface area contributed by atoms with Gasteiger partial charge in [-0.3, -0.25) is 0 Å². The van der Waals surface area contributed by atoms with Crippen LogP contribution in [0.5, 0.6) is 5.75 Å². The van der Waals surface area contributed by atoms with Crippen molar-refractivity contribution in [3.63, 3.8) is 0 Å². The van der Waals surface area contributed by atoms with Crippen molar-refractivity contribution in [1.82, 2.24) is 9.97 Å². The second-order valence-electron chi connectivity index (χ2n) is 8.38. The van der Waals surface area contributed by atoms with Gasteiger partial charge in [-0.2, -0.15) is 8.78 Å². The van der Waals surface area contributed by atoms with Crippen LogP contribution < -0.4 is 10.1 Å². The van der Waals surface area contributed by atoms with Crippen LogP contribution in [0.25, 0.3) is 11.0 Å². The van der Waals surface area contributed by atoms with Gasteiger partial charge in [0, 0.05) is 5.69 Å². The number of H-pyrrole nitrogens is 1. The number of carboxylic acid groups (broad SMARTS) is 1. The Morgan fingerprint density at radius 2 is 1.81 bits per heavy atom. The quantitative estimate of drug-likeness (QED) is 0.425. The van der Waals surface area contributed by atoms with E-state index < -0.39 is 12.6 Å². The number of ether oxygens (including phenoxy) is 1. The Bertz CT molecular complexity index is 1010. The number of fused-ring (bicyclic) bond motifs is 1. The van der Waals surface area contributed by atoms with Gasteiger partial charge in [-0.1, -0.05) is 33.1 Å². The standard InChI is InChI=1S/C15H11F2N3O3.C8H16/c16-14(17)23-10-4-2-9(3-5-10)18-15-19-11-6-1-8(13(21)22)7-12(11)20-15;1-8(2)6-4-3-5-7-8/h1-7,14H,(H,21,22)(H2,18,19,20);3-7H2,1-2H3. The highest BCUT2D eigenvalue weighted by atomic mass is 19.3. The molecule has 0 bridgehead atoms. The summed E-state index contributed by atoms with van der Waals surface area (Å²) < 4.78 is 28.4. The molecule has 1 fully saturated rings. The first-order valence-electron chi connectivity index (χ1n) is 10.3. The molecule has 0 amide bonds. The molecule has 2 aromatic carbocycles. The van der Waals surface area contributed by atoms with Gasteiger partial charge in [0.1, 0.15) is 5.75 Å². The van der Waals surface area contributed by atoms with Crippen molar-refractivity contribution in [3.05, 3.63) is 48.0 Å². The van der Waals surface area contributed by atoms with Gasteiger partial charge < -0.3 is 20.1 Å². The summed E-state index contributed by atoms with van der Waals surface area (Å²) in [5.41, 5.74) is 2.63. The molecule has 0 spiro atoms. The summed E-state index contributed by atoms with van der Waals surface area (Å²) in [5.74, 6) is -0.558. The van der Waals surface area contributed by atoms with Crippen molar-refractivity contribution in [2.45, 2.75) is 52.6 Å². The number of aromatic amines is 1. The molecule has 3 aromatic rings. The Labute approximate surface area is 179 Å². The highest BCUT2D eigenvalue weighted by molar-refractivity contribution is 5.92. The van der Waals surface area contributed by atoms with Gasteiger partial charge in [0.2, 0.25) is 5.95 Å². The van der Waals surface area contributed by atoms with Crippen LogP contribution in [0.4, 0.5) is 20.4 Å². The molecule has 1 aliphatic carbocycles. The van der Waals surface area contributed by atoms with Gasteiger partial charge >= 0.3 is 12.6 Å². The summed E-state index contributed by atoms with van der Waals surface area (Å²) in [6.45, 7) is 1.89. The van der Waals surface area contributed by atoms with Gasteiger partial charge in [0.05, 0.1) is 16.6 Å². The topological polar surface area (TPSA) is 87.2 Å². The maximum Gasteiger partial charge on any atom is 0.387 e. The molecule has 1 aromatic heterocycles. The first kappa shape index (κ1) is 22.5. The minimum absolute atomic E-state index is 0.0567. The maximum atomic E-state index is 12.1. The molecule has 0 aliphatic heterocycles. The fourth-order valence-electron chi connectivity index (χ4n) is 3.57. The molecule has 0 unspecified atom stereocenters. The number of aromatic nitrogens is 2. The van der Waals surface area contributed by atoms with E-state index in [2.05, 4.69) is 33.9 Å².